The summed E-state index contributed by atoms with van der Waals surface area (Å²) in [6.07, 6.45) is 8.44. The van der Waals surface area contributed by atoms with Crippen molar-refractivity contribution in [3.05, 3.63) is 40.4 Å². The van der Waals surface area contributed by atoms with Crippen LogP contribution in [0.2, 0.25) is 10.0 Å². The van der Waals surface area contributed by atoms with E-state index in [1.54, 1.807) is 6.07 Å². The summed E-state index contributed by atoms with van der Waals surface area (Å²) in [6, 6.07) is 9.06. The molecule has 0 heterocycles. The van der Waals surface area contributed by atoms with E-state index >= 15 is 0 Å². The summed E-state index contributed by atoms with van der Waals surface area (Å²) in [7, 11) is 0. The van der Waals surface area contributed by atoms with Crippen molar-refractivity contribution in [3.8, 4) is 5.75 Å². The molecule has 4 nitrogen and oxygen atoms in total. The maximum Gasteiger partial charge on any atom is 0.311 e. The van der Waals surface area contributed by atoms with E-state index < -0.39 is 0 Å². The Kier molecular flexibility index (Phi) is 11.0. The molecular formula is C24H30Cl2O4. The molecule has 0 saturated heterocycles. The molecule has 2 rings (SSSR count). The van der Waals surface area contributed by atoms with Gasteiger partial charge in [0, 0.05) is 23.6 Å². The molecule has 0 radical (unpaired) electrons. The lowest BCUT2D eigenvalue weighted by molar-refractivity contribution is -0.144. The predicted octanol–water partition coefficient (Wildman–Crippen LogP) is 7.52. The number of halogens is 2. The molecule has 0 bridgehead atoms. The Bertz CT molecular complexity index is 835. The van der Waals surface area contributed by atoms with Crippen LogP contribution < -0.4 is 4.74 Å². The molecule has 0 aliphatic heterocycles. The second-order valence-electron chi connectivity index (χ2n) is 7.38. The number of rotatable bonds is 13. The normalized spacial score (nSPS) is 10.9. The minimum absolute atomic E-state index is 0.0976. The van der Waals surface area contributed by atoms with E-state index in [9.17, 15) is 9.59 Å². The molecule has 0 aliphatic rings. The molecule has 0 aromatic heterocycles. The molecule has 30 heavy (non-hydrogen) atoms. The van der Waals surface area contributed by atoms with Gasteiger partial charge in [0.25, 0.3) is 0 Å². The number of fused-ring (bicyclic) bond motifs is 1. The number of ether oxygens (including phenoxy) is 2. The fraction of sp³-hybridized carbons (Fsp3) is 0.500. The summed E-state index contributed by atoms with van der Waals surface area (Å²) in [5.41, 5.74) is 0. The zero-order valence-electron chi connectivity index (χ0n) is 17.6. The Morgan fingerprint density at radius 1 is 0.800 bits per heavy atom. The van der Waals surface area contributed by atoms with Crippen LogP contribution in [0, 0.1) is 0 Å². The van der Waals surface area contributed by atoms with Gasteiger partial charge in [-0.1, -0.05) is 86.5 Å². The second kappa shape index (κ2) is 13.5. The van der Waals surface area contributed by atoms with E-state index in [2.05, 4.69) is 6.92 Å². The highest BCUT2D eigenvalue weighted by Gasteiger charge is 2.14. The average Bonchev–Trinajstić information content (AvgIpc) is 2.73. The molecule has 2 aromatic rings. The van der Waals surface area contributed by atoms with Crippen LogP contribution in [0.3, 0.4) is 0 Å². The molecule has 0 fully saturated rings. The molecule has 0 N–H and O–H groups in total. The lowest BCUT2D eigenvalue weighted by atomic mass is 10.1. The van der Waals surface area contributed by atoms with Gasteiger partial charge in [0.15, 0.2) is 5.75 Å². The first-order chi connectivity index (χ1) is 14.5. The van der Waals surface area contributed by atoms with Crippen molar-refractivity contribution < 1.29 is 19.1 Å². The molecule has 6 heteroatoms. The largest absolute Gasteiger partial charge is 0.466 e. The van der Waals surface area contributed by atoms with Gasteiger partial charge in [0.05, 0.1) is 16.7 Å². The summed E-state index contributed by atoms with van der Waals surface area (Å²) in [4.78, 5) is 23.8. The number of hydrogen-bond donors (Lipinski definition) is 0. The van der Waals surface area contributed by atoms with Crippen molar-refractivity contribution in [2.45, 2.75) is 71.1 Å². The van der Waals surface area contributed by atoms with Crippen LogP contribution in [0.4, 0.5) is 0 Å². The molecule has 0 spiro atoms. The van der Waals surface area contributed by atoms with Gasteiger partial charge in [-0.2, -0.15) is 0 Å². The maximum absolute atomic E-state index is 12.2. The highest BCUT2D eigenvalue weighted by Crippen LogP contribution is 2.38. The smallest absolute Gasteiger partial charge is 0.311 e. The van der Waals surface area contributed by atoms with Gasteiger partial charge in [-0.25, -0.2) is 0 Å². The van der Waals surface area contributed by atoms with Crippen molar-refractivity contribution in [1.82, 2.24) is 0 Å². The first-order valence-electron chi connectivity index (χ1n) is 10.8. The van der Waals surface area contributed by atoms with Crippen molar-refractivity contribution in [2.75, 3.05) is 6.61 Å². The SMILES string of the molecule is CCCCOC(=O)CCCCCCCCC(=O)Oc1c(Cl)cc(Cl)c2ccccc12. The third kappa shape index (κ3) is 8.16. The minimum atomic E-state index is -0.292. The van der Waals surface area contributed by atoms with Crippen molar-refractivity contribution >= 4 is 45.9 Å². The van der Waals surface area contributed by atoms with Gasteiger partial charge >= 0.3 is 11.9 Å². The standard InChI is InChI=1S/C24H30Cl2O4/c1-2-3-16-29-22(27)14-8-6-4-5-7-9-15-23(28)30-24-19-13-11-10-12-18(19)20(25)17-21(24)26/h10-13,17H,2-9,14-16H2,1H3. The Balaban J connectivity index is 1.63. The summed E-state index contributed by atoms with van der Waals surface area (Å²) in [6.45, 7) is 2.60. The summed E-state index contributed by atoms with van der Waals surface area (Å²) < 4.78 is 10.7. The highest BCUT2D eigenvalue weighted by atomic mass is 35.5. The van der Waals surface area contributed by atoms with Gasteiger partial charge < -0.3 is 9.47 Å². The Hall–Kier alpha value is -1.78. The van der Waals surface area contributed by atoms with Gasteiger partial charge in [-0.15, -0.1) is 0 Å². The monoisotopic (exact) mass is 452 g/mol. The number of esters is 2. The van der Waals surface area contributed by atoms with Crippen molar-refractivity contribution in [1.29, 1.82) is 0 Å². The summed E-state index contributed by atoms with van der Waals surface area (Å²) in [5.74, 6) is -0.0220. The van der Waals surface area contributed by atoms with E-state index in [0.717, 1.165) is 62.1 Å². The minimum Gasteiger partial charge on any atom is -0.466 e. The van der Waals surface area contributed by atoms with Crippen LogP contribution in [0.15, 0.2) is 30.3 Å². The lowest BCUT2D eigenvalue weighted by Crippen LogP contribution is -2.08. The second-order valence-corrected chi connectivity index (χ2v) is 8.20. The first-order valence-corrected chi connectivity index (χ1v) is 11.5. The zero-order chi connectivity index (χ0) is 21.8. The summed E-state index contributed by atoms with van der Waals surface area (Å²) in [5, 5.41) is 2.40. The van der Waals surface area contributed by atoms with E-state index in [1.165, 1.54) is 0 Å². The first kappa shape index (κ1) is 24.5. The van der Waals surface area contributed by atoms with Gasteiger partial charge in [0.1, 0.15) is 0 Å². The summed E-state index contributed by atoms with van der Waals surface area (Å²) >= 11 is 12.5. The molecule has 0 saturated carbocycles. The number of benzene rings is 2. The van der Waals surface area contributed by atoms with Crippen LogP contribution >= 0.6 is 23.2 Å². The molecule has 0 unspecified atom stereocenters. The maximum atomic E-state index is 12.2. The lowest BCUT2D eigenvalue weighted by Gasteiger charge is -2.11. The number of carbonyl (C=O) groups is 2. The Morgan fingerprint density at radius 3 is 2.07 bits per heavy atom. The van der Waals surface area contributed by atoms with Crippen LogP contribution in [0.5, 0.6) is 5.75 Å². The van der Waals surface area contributed by atoms with Crippen LogP contribution in [-0.4, -0.2) is 18.5 Å². The Morgan fingerprint density at radius 2 is 1.40 bits per heavy atom. The van der Waals surface area contributed by atoms with Crippen LogP contribution in [0.1, 0.15) is 71.1 Å². The van der Waals surface area contributed by atoms with Gasteiger partial charge in [-0.05, 0) is 25.3 Å². The van der Waals surface area contributed by atoms with Crippen molar-refractivity contribution in [3.63, 3.8) is 0 Å². The molecule has 0 atom stereocenters. The fourth-order valence-electron chi connectivity index (χ4n) is 3.19. The quantitative estimate of drug-likeness (QED) is 0.179. The molecule has 2 aromatic carbocycles. The van der Waals surface area contributed by atoms with Crippen LogP contribution in [0.25, 0.3) is 10.8 Å². The van der Waals surface area contributed by atoms with Gasteiger partial charge in [-0.3, -0.25) is 9.59 Å². The number of hydrogen-bond acceptors (Lipinski definition) is 4. The van der Waals surface area contributed by atoms with E-state index in [0.29, 0.717) is 35.2 Å². The zero-order valence-corrected chi connectivity index (χ0v) is 19.1. The highest BCUT2D eigenvalue weighted by molar-refractivity contribution is 6.40. The topological polar surface area (TPSA) is 52.6 Å². The predicted molar refractivity (Wildman–Crippen MR) is 122 cm³/mol. The van der Waals surface area contributed by atoms with E-state index in [4.69, 9.17) is 32.7 Å². The molecule has 0 aliphatic carbocycles. The van der Waals surface area contributed by atoms with E-state index in [1.807, 2.05) is 24.3 Å². The third-order valence-corrected chi connectivity index (χ3v) is 5.48. The van der Waals surface area contributed by atoms with Crippen LogP contribution in [-0.2, 0) is 14.3 Å². The van der Waals surface area contributed by atoms with E-state index in [-0.39, 0.29) is 11.9 Å². The number of unbranched alkanes of at least 4 members (excludes halogenated alkanes) is 6. The average molecular weight is 453 g/mol. The fourth-order valence-corrected chi connectivity index (χ4v) is 3.77. The Labute approximate surface area is 188 Å². The van der Waals surface area contributed by atoms with Crippen molar-refractivity contribution in [2.24, 2.45) is 0 Å². The number of carbonyl (C=O) groups excluding carboxylic acids is 2. The third-order valence-electron chi connectivity index (χ3n) is 4.89. The molecule has 0 amide bonds. The molecular weight excluding hydrogens is 423 g/mol. The molecule has 164 valence electrons. The van der Waals surface area contributed by atoms with Gasteiger partial charge in [0.2, 0.25) is 0 Å².